The number of carbonyl (C=O) groups excluding carboxylic acids is 2. The Hall–Kier alpha value is -3.54. The van der Waals surface area contributed by atoms with E-state index >= 15 is 0 Å². The predicted molar refractivity (Wildman–Crippen MR) is 147 cm³/mol. The summed E-state index contributed by atoms with van der Waals surface area (Å²) in [5, 5.41) is 15.8. The second-order valence-corrected chi connectivity index (χ2v) is 10.9. The standard InChI is InChI=1S/C28H36F2N6O4/c1-35-22-15-31-27(34-24(22)36(16-28(29,30)26(35)39)19-6-4-3-5-7-19)33-21-13-8-17(14-23(21)40-2)25(38)32-18-9-11-20(37)12-10-18/h8,13-15,18-20,37H,3-7,9-12,16H2,1-2H3,(H,32,38)(H,31,33,34)/t18-,20-. The third-order valence-electron chi connectivity index (χ3n) is 8.13. The highest BCUT2D eigenvalue weighted by Crippen LogP contribution is 2.39. The van der Waals surface area contributed by atoms with Crippen molar-refractivity contribution < 1.29 is 28.2 Å². The van der Waals surface area contributed by atoms with Crippen LogP contribution in [0.25, 0.3) is 0 Å². The summed E-state index contributed by atoms with van der Waals surface area (Å²) < 4.78 is 35.4. The minimum absolute atomic E-state index is 0.0113. The fourth-order valence-corrected chi connectivity index (χ4v) is 5.83. The highest BCUT2D eigenvalue weighted by molar-refractivity contribution is 6.02. The Labute approximate surface area is 232 Å². The van der Waals surface area contributed by atoms with Gasteiger partial charge in [0.1, 0.15) is 11.4 Å². The molecule has 0 radical (unpaired) electrons. The molecule has 3 N–H and O–H groups in total. The number of nitrogens with zero attached hydrogens (tertiary/aromatic N) is 4. The van der Waals surface area contributed by atoms with Crippen molar-refractivity contribution in [3.8, 4) is 5.75 Å². The number of aromatic nitrogens is 2. The van der Waals surface area contributed by atoms with Gasteiger partial charge in [0.25, 0.3) is 11.8 Å². The maximum Gasteiger partial charge on any atom is 0.342 e. The van der Waals surface area contributed by atoms with Gasteiger partial charge in [0.15, 0.2) is 5.82 Å². The van der Waals surface area contributed by atoms with E-state index < -0.39 is 18.4 Å². The van der Waals surface area contributed by atoms with Crippen molar-refractivity contribution in [2.24, 2.45) is 0 Å². The summed E-state index contributed by atoms with van der Waals surface area (Å²) in [4.78, 5) is 36.8. The minimum atomic E-state index is -3.56. The first-order valence-corrected chi connectivity index (χ1v) is 13.9. The molecule has 2 fully saturated rings. The van der Waals surface area contributed by atoms with Crippen LogP contribution in [0.2, 0.25) is 0 Å². The van der Waals surface area contributed by atoms with Crippen molar-refractivity contribution in [2.45, 2.75) is 81.9 Å². The molecule has 1 aromatic carbocycles. The van der Waals surface area contributed by atoms with Crippen molar-refractivity contribution in [3.63, 3.8) is 0 Å². The molecule has 0 bridgehead atoms. The van der Waals surface area contributed by atoms with Gasteiger partial charge in [0.05, 0.1) is 31.6 Å². The molecule has 0 spiro atoms. The number of aliphatic hydroxyl groups is 1. The highest BCUT2D eigenvalue weighted by Gasteiger charge is 2.48. The average molecular weight is 559 g/mol. The molecule has 216 valence electrons. The van der Waals surface area contributed by atoms with E-state index in [1.165, 1.54) is 20.4 Å². The first kappa shape index (κ1) is 28.0. The lowest BCUT2D eigenvalue weighted by atomic mass is 9.93. The van der Waals surface area contributed by atoms with E-state index in [4.69, 9.17) is 4.74 Å². The molecule has 0 unspecified atom stereocenters. The summed E-state index contributed by atoms with van der Waals surface area (Å²) in [6.45, 7) is -0.739. The summed E-state index contributed by atoms with van der Waals surface area (Å²) in [7, 11) is 2.80. The van der Waals surface area contributed by atoms with Gasteiger partial charge < -0.3 is 30.3 Å². The molecule has 2 heterocycles. The Bertz CT molecular complexity index is 1250. The Kier molecular flexibility index (Phi) is 8.07. The van der Waals surface area contributed by atoms with Gasteiger partial charge >= 0.3 is 5.92 Å². The number of hydrogen-bond donors (Lipinski definition) is 3. The van der Waals surface area contributed by atoms with Crippen LogP contribution in [-0.2, 0) is 4.79 Å². The Morgan fingerprint density at radius 1 is 1.12 bits per heavy atom. The molecule has 2 saturated carbocycles. The number of methoxy groups -OCH3 is 1. The zero-order valence-electron chi connectivity index (χ0n) is 22.8. The Morgan fingerprint density at radius 2 is 1.85 bits per heavy atom. The topological polar surface area (TPSA) is 120 Å². The lowest BCUT2D eigenvalue weighted by molar-refractivity contribution is -0.140. The summed E-state index contributed by atoms with van der Waals surface area (Å²) in [6, 6.07) is 4.80. The fraction of sp³-hybridized carbons (Fsp3) is 0.571. The van der Waals surface area contributed by atoms with Crippen molar-refractivity contribution in [2.75, 3.05) is 35.8 Å². The number of alkyl halides is 2. The molecule has 1 aromatic heterocycles. The molecular weight excluding hydrogens is 522 g/mol. The van der Waals surface area contributed by atoms with Gasteiger partial charge in [-0.1, -0.05) is 19.3 Å². The first-order chi connectivity index (χ1) is 19.2. The molecule has 3 aliphatic rings. The SMILES string of the molecule is COc1cc(C(=O)N[C@H]2CC[C@H](O)CC2)ccc1Nc1ncc2c(n1)N(C1CCCCC1)CC(F)(F)C(=O)N2C. The Morgan fingerprint density at radius 3 is 2.55 bits per heavy atom. The molecule has 0 saturated heterocycles. The smallest absolute Gasteiger partial charge is 0.342 e. The summed E-state index contributed by atoms with van der Waals surface area (Å²) in [5.74, 6) is -4.25. The van der Waals surface area contributed by atoms with Gasteiger partial charge in [-0.05, 0) is 56.7 Å². The van der Waals surface area contributed by atoms with Crippen molar-refractivity contribution in [3.05, 3.63) is 30.0 Å². The second-order valence-electron chi connectivity index (χ2n) is 10.9. The van der Waals surface area contributed by atoms with Gasteiger partial charge in [0, 0.05) is 24.7 Å². The normalized spacial score (nSPS) is 23.3. The largest absolute Gasteiger partial charge is 0.495 e. The van der Waals surface area contributed by atoms with E-state index in [2.05, 4.69) is 20.6 Å². The number of fused-ring (bicyclic) bond motifs is 1. The second kappa shape index (κ2) is 11.5. The molecule has 2 aromatic rings. The van der Waals surface area contributed by atoms with Crippen LogP contribution >= 0.6 is 0 Å². The number of anilines is 4. The van der Waals surface area contributed by atoms with Crippen LogP contribution in [-0.4, -0.2) is 71.7 Å². The fourth-order valence-electron chi connectivity index (χ4n) is 5.83. The van der Waals surface area contributed by atoms with Crippen LogP contribution in [0, 0.1) is 0 Å². The number of rotatable bonds is 6. The monoisotopic (exact) mass is 558 g/mol. The van der Waals surface area contributed by atoms with Crippen LogP contribution < -0.4 is 25.2 Å². The van der Waals surface area contributed by atoms with Crippen molar-refractivity contribution in [1.82, 2.24) is 15.3 Å². The molecule has 5 rings (SSSR count). The quantitative estimate of drug-likeness (QED) is 0.487. The van der Waals surface area contributed by atoms with Crippen LogP contribution in [0.5, 0.6) is 5.75 Å². The molecule has 2 aliphatic carbocycles. The zero-order valence-corrected chi connectivity index (χ0v) is 22.8. The minimum Gasteiger partial charge on any atom is -0.495 e. The van der Waals surface area contributed by atoms with Crippen LogP contribution in [0.1, 0.15) is 68.1 Å². The zero-order chi connectivity index (χ0) is 28.4. The van der Waals surface area contributed by atoms with Gasteiger partial charge in [-0.25, -0.2) is 4.98 Å². The van der Waals surface area contributed by atoms with Gasteiger partial charge in [-0.2, -0.15) is 13.8 Å². The predicted octanol–water partition coefficient (Wildman–Crippen LogP) is 4.01. The number of aliphatic hydroxyl groups excluding tert-OH is 1. The third kappa shape index (κ3) is 5.81. The van der Waals surface area contributed by atoms with Gasteiger partial charge in [0.2, 0.25) is 5.95 Å². The number of nitrogens with one attached hydrogen (secondary N) is 2. The van der Waals surface area contributed by atoms with Crippen molar-refractivity contribution >= 4 is 35.0 Å². The lowest BCUT2D eigenvalue weighted by Crippen LogP contribution is -2.49. The van der Waals surface area contributed by atoms with E-state index in [0.717, 1.165) is 49.8 Å². The molecular formula is C28H36F2N6O4. The highest BCUT2D eigenvalue weighted by atomic mass is 19.3. The molecule has 10 nitrogen and oxygen atoms in total. The molecule has 40 heavy (non-hydrogen) atoms. The van der Waals surface area contributed by atoms with E-state index in [-0.39, 0.29) is 41.5 Å². The molecule has 0 atom stereocenters. The number of benzene rings is 1. The number of hydrogen-bond acceptors (Lipinski definition) is 8. The van der Waals surface area contributed by atoms with Gasteiger partial charge in [-0.15, -0.1) is 0 Å². The average Bonchev–Trinajstić information content (AvgIpc) is 3.03. The van der Waals surface area contributed by atoms with Crippen LogP contribution in [0.3, 0.4) is 0 Å². The van der Waals surface area contributed by atoms with Crippen molar-refractivity contribution in [1.29, 1.82) is 0 Å². The molecule has 1 aliphatic heterocycles. The molecule has 12 heteroatoms. The maximum atomic E-state index is 14.9. The number of amides is 2. The van der Waals surface area contributed by atoms with Crippen LogP contribution in [0.15, 0.2) is 24.4 Å². The number of halogens is 2. The maximum absolute atomic E-state index is 14.9. The number of ether oxygens (including phenoxy) is 1. The summed E-state index contributed by atoms with van der Waals surface area (Å²) >= 11 is 0. The first-order valence-electron chi connectivity index (χ1n) is 13.9. The van der Waals surface area contributed by atoms with E-state index in [1.54, 1.807) is 23.1 Å². The lowest BCUT2D eigenvalue weighted by Gasteiger charge is -2.35. The summed E-state index contributed by atoms with van der Waals surface area (Å²) in [5.41, 5.74) is 1.14. The third-order valence-corrected chi connectivity index (χ3v) is 8.13. The summed E-state index contributed by atoms with van der Waals surface area (Å²) in [6.07, 6.45) is 8.28. The van der Waals surface area contributed by atoms with E-state index in [0.29, 0.717) is 29.8 Å². The van der Waals surface area contributed by atoms with E-state index in [9.17, 15) is 23.5 Å². The molecule has 2 amide bonds. The Balaban J connectivity index is 1.39. The van der Waals surface area contributed by atoms with E-state index in [1.807, 2.05) is 0 Å². The van der Waals surface area contributed by atoms with Crippen LogP contribution in [0.4, 0.5) is 31.9 Å². The van der Waals surface area contributed by atoms with Gasteiger partial charge in [-0.3, -0.25) is 9.59 Å². The number of carbonyl (C=O) groups is 2.